The van der Waals surface area contributed by atoms with Crippen molar-refractivity contribution in [3.63, 3.8) is 0 Å². The van der Waals surface area contributed by atoms with Crippen LogP contribution in [0.1, 0.15) is 19.5 Å². The first-order valence-corrected chi connectivity index (χ1v) is 8.28. The Hall–Kier alpha value is -0.650. The van der Waals surface area contributed by atoms with Crippen molar-refractivity contribution in [3.8, 4) is 11.4 Å². The van der Waals surface area contributed by atoms with Crippen molar-refractivity contribution in [1.82, 2.24) is 9.97 Å². The number of rotatable bonds is 4. The van der Waals surface area contributed by atoms with Gasteiger partial charge in [-0.3, -0.25) is 0 Å². The number of nitrogens with zero attached hydrogens (tertiary/aromatic N) is 2. The minimum Gasteiger partial charge on any atom is -0.369 e. The van der Waals surface area contributed by atoms with Gasteiger partial charge in [-0.05, 0) is 63.4 Å². The van der Waals surface area contributed by atoms with Crippen LogP contribution in [-0.2, 0) is 6.42 Å². The van der Waals surface area contributed by atoms with Gasteiger partial charge in [0.1, 0.15) is 5.82 Å². The number of aromatic nitrogens is 2. The van der Waals surface area contributed by atoms with Crippen LogP contribution in [0.25, 0.3) is 11.4 Å². The van der Waals surface area contributed by atoms with Gasteiger partial charge >= 0.3 is 0 Å². The molecule has 6 heteroatoms. The molecule has 0 aliphatic heterocycles. The quantitative estimate of drug-likeness (QED) is 0.729. The van der Waals surface area contributed by atoms with Crippen molar-refractivity contribution in [3.05, 3.63) is 37.9 Å². The first-order chi connectivity index (χ1) is 9.56. The Morgan fingerprint density at radius 3 is 2.55 bits per heavy atom. The Labute approximate surface area is 140 Å². The summed E-state index contributed by atoms with van der Waals surface area (Å²) in [5.41, 5.74) is 1.91. The summed E-state index contributed by atoms with van der Waals surface area (Å²) >= 11 is 13.1. The number of anilines is 1. The van der Waals surface area contributed by atoms with Gasteiger partial charge in [0.05, 0.1) is 10.2 Å². The van der Waals surface area contributed by atoms with Crippen molar-refractivity contribution in [2.24, 2.45) is 0 Å². The van der Waals surface area contributed by atoms with Crippen LogP contribution in [0, 0.1) is 0 Å². The van der Waals surface area contributed by atoms with Crippen LogP contribution < -0.4 is 5.32 Å². The van der Waals surface area contributed by atoms with Crippen molar-refractivity contribution < 1.29 is 0 Å². The summed E-state index contributed by atoms with van der Waals surface area (Å²) in [6.45, 7) is 4.92. The maximum Gasteiger partial charge on any atom is 0.162 e. The largest absolute Gasteiger partial charge is 0.369 e. The Bertz CT molecular complexity index is 632. The maximum absolute atomic E-state index is 5.98. The molecule has 2 rings (SSSR count). The molecule has 0 amide bonds. The third kappa shape index (κ3) is 3.32. The van der Waals surface area contributed by atoms with Crippen LogP contribution in [0.2, 0.25) is 5.02 Å². The second kappa shape index (κ2) is 6.87. The molecule has 0 saturated carbocycles. The second-order valence-electron chi connectivity index (χ2n) is 4.16. The van der Waals surface area contributed by atoms with Crippen LogP contribution >= 0.6 is 43.5 Å². The van der Waals surface area contributed by atoms with E-state index in [2.05, 4.69) is 54.1 Å². The molecule has 0 aliphatic carbocycles. The number of hydrogen-bond donors (Lipinski definition) is 1. The molecule has 1 N–H and O–H groups in total. The molecule has 0 radical (unpaired) electrons. The van der Waals surface area contributed by atoms with Gasteiger partial charge in [-0.25, -0.2) is 9.97 Å². The Kier molecular flexibility index (Phi) is 5.41. The molecule has 0 aliphatic rings. The molecule has 0 atom stereocenters. The number of aryl methyl sites for hydroxylation is 1. The summed E-state index contributed by atoms with van der Waals surface area (Å²) in [7, 11) is 0. The van der Waals surface area contributed by atoms with Gasteiger partial charge in [0.15, 0.2) is 5.82 Å². The molecule has 0 fully saturated rings. The van der Waals surface area contributed by atoms with Gasteiger partial charge in [-0.1, -0.05) is 18.5 Å². The lowest BCUT2D eigenvalue weighted by molar-refractivity contribution is 0.983. The Morgan fingerprint density at radius 2 is 1.95 bits per heavy atom. The fourth-order valence-corrected chi connectivity index (χ4v) is 3.26. The van der Waals surface area contributed by atoms with E-state index in [0.29, 0.717) is 10.8 Å². The standard InChI is InChI=1S/C14H14Br2ClN3/c1-3-11-12(16)14(18-4-2)20-13(19-11)9-6-5-8(17)7-10(9)15/h5-7H,3-4H2,1-2H3,(H,18,19,20). The summed E-state index contributed by atoms with van der Waals surface area (Å²) in [6, 6.07) is 5.61. The van der Waals surface area contributed by atoms with E-state index in [1.807, 2.05) is 25.1 Å². The normalized spacial score (nSPS) is 10.7. The summed E-state index contributed by atoms with van der Waals surface area (Å²) in [6.07, 6.45) is 0.833. The van der Waals surface area contributed by atoms with Crippen molar-refractivity contribution in [1.29, 1.82) is 0 Å². The lowest BCUT2D eigenvalue weighted by Gasteiger charge is -2.12. The highest BCUT2D eigenvalue weighted by atomic mass is 79.9. The molecule has 1 aromatic heterocycles. The fraction of sp³-hybridized carbons (Fsp3) is 0.286. The van der Waals surface area contributed by atoms with Crippen LogP contribution in [0.3, 0.4) is 0 Å². The number of benzene rings is 1. The predicted octanol–water partition coefficient (Wildman–Crippen LogP) is 5.32. The van der Waals surface area contributed by atoms with Crippen LogP contribution in [0.5, 0.6) is 0 Å². The molecular formula is C14H14Br2ClN3. The highest BCUT2D eigenvalue weighted by Gasteiger charge is 2.14. The van der Waals surface area contributed by atoms with Gasteiger partial charge < -0.3 is 5.32 Å². The van der Waals surface area contributed by atoms with E-state index < -0.39 is 0 Å². The molecule has 1 aromatic carbocycles. The third-order valence-electron chi connectivity index (χ3n) is 2.77. The lowest BCUT2D eigenvalue weighted by Crippen LogP contribution is -2.06. The van der Waals surface area contributed by atoms with Gasteiger partial charge in [0, 0.05) is 21.6 Å². The third-order valence-corrected chi connectivity index (χ3v) is 4.50. The SMILES string of the molecule is CCNc1nc(-c2ccc(Cl)cc2Br)nc(CC)c1Br. The van der Waals surface area contributed by atoms with Gasteiger partial charge in [-0.15, -0.1) is 0 Å². The van der Waals surface area contributed by atoms with Crippen molar-refractivity contribution in [2.75, 3.05) is 11.9 Å². The molecule has 0 unspecified atom stereocenters. The highest BCUT2D eigenvalue weighted by molar-refractivity contribution is 9.11. The highest BCUT2D eigenvalue weighted by Crippen LogP contribution is 2.32. The lowest BCUT2D eigenvalue weighted by atomic mass is 10.2. The van der Waals surface area contributed by atoms with Gasteiger partial charge in [-0.2, -0.15) is 0 Å². The molecule has 3 nitrogen and oxygen atoms in total. The van der Waals surface area contributed by atoms with E-state index in [0.717, 1.165) is 39.0 Å². The van der Waals surface area contributed by atoms with Crippen LogP contribution in [0.15, 0.2) is 27.1 Å². The smallest absolute Gasteiger partial charge is 0.162 e. The molecule has 106 valence electrons. The summed E-state index contributed by atoms with van der Waals surface area (Å²) in [4.78, 5) is 9.21. The minimum atomic E-state index is 0.681. The monoisotopic (exact) mass is 417 g/mol. The first kappa shape index (κ1) is 15.7. The van der Waals surface area contributed by atoms with Crippen molar-refractivity contribution in [2.45, 2.75) is 20.3 Å². The van der Waals surface area contributed by atoms with Crippen LogP contribution in [-0.4, -0.2) is 16.5 Å². The minimum absolute atomic E-state index is 0.681. The zero-order chi connectivity index (χ0) is 14.7. The second-order valence-corrected chi connectivity index (χ2v) is 6.25. The Morgan fingerprint density at radius 1 is 1.20 bits per heavy atom. The van der Waals surface area contributed by atoms with E-state index >= 15 is 0 Å². The molecule has 0 spiro atoms. The topological polar surface area (TPSA) is 37.8 Å². The number of halogens is 3. The molecule has 0 bridgehead atoms. The Balaban J connectivity index is 2.58. The van der Waals surface area contributed by atoms with E-state index in [-0.39, 0.29) is 0 Å². The zero-order valence-corrected chi connectivity index (χ0v) is 15.1. The summed E-state index contributed by atoms with van der Waals surface area (Å²) < 4.78 is 1.81. The first-order valence-electron chi connectivity index (χ1n) is 6.32. The molecule has 2 aromatic rings. The zero-order valence-electron chi connectivity index (χ0n) is 11.2. The number of hydrogen-bond acceptors (Lipinski definition) is 3. The summed E-state index contributed by atoms with van der Waals surface area (Å²) in [5, 5.41) is 3.93. The van der Waals surface area contributed by atoms with Crippen LogP contribution in [0.4, 0.5) is 5.82 Å². The van der Waals surface area contributed by atoms with Gasteiger partial charge in [0.25, 0.3) is 0 Å². The molecular weight excluding hydrogens is 405 g/mol. The van der Waals surface area contributed by atoms with Gasteiger partial charge in [0.2, 0.25) is 0 Å². The predicted molar refractivity (Wildman–Crippen MR) is 91.4 cm³/mol. The molecule has 20 heavy (non-hydrogen) atoms. The van der Waals surface area contributed by atoms with E-state index in [9.17, 15) is 0 Å². The average molecular weight is 420 g/mol. The van der Waals surface area contributed by atoms with E-state index in [1.54, 1.807) is 0 Å². The molecule has 0 saturated heterocycles. The maximum atomic E-state index is 5.98. The average Bonchev–Trinajstić information content (AvgIpc) is 2.41. The van der Waals surface area contributed by atoms with Crippen molar-refractivity contribution >= 4 is 49.3 Å². The molecule has 1 heterocycles. The number of nitrogens with one attached hydrogen (secondary N) is 1. The fourth-order valence-electron chi connectivity index (χ4n) is 1.80. The van der Waals surface area contributed by atoms with E-state index in [4.69, 9.17) is 11.6 Å². The van der Waals surface area contributed by atoms with E-state index in [1.165, 1.54) is 0 Å². The summed E-state index contributed by atoms with van der Waals surface area (Å²) in [5.74, 6) is 1.50.